The summed E-state index contributed by atoms with van der Waals surface area (Å²) in [6.45, 7) is 10.8. The van der Waals surface area contributed by atoms with Gasteiger partial charge < -0.3 is 64.2 Å². The summed E-state index contributed by atoms with van der Waals surface area (Å²) in [7, 11) is 0. The van der Waals surface area contributed by atoms with Gasteiger partial charge in [-0.25, -0.2) is 0 Å². The van der Waals surface area contributed by atoms with Crippen molar-refractivity contribution in [3.8, 4) is 0 Å². The molecule has 7 fully saturated rings. The summed E-state index contributed by atoms with van der Waals surface area (Å²) in [5, 5.41) is 75.0. The first-order valence-electron chi connectivity index (χ1n) is 19.4. The summed E-state index contributed by atoms with van der Waals surface area (Å²) in [6.07, 6.45) is -5.94. The third kappa shape index (κ3) is 5.66. The second-order valence-corrected chi connectivity index (χ2v) is 18.0. The van der Waals surface area contributed by atoms with Crippen LogP contribution in [0.1, 0.15) is 79.6 Å². The molecule has 0 amide bonds. The molecule has 4 saturated heterocycles. The lowest BCUT2D eigenvalue weighted by Crippen LogP contribution is -2.63. The second kappa shape index (κ2) is 13.2. The Balaban J connectivity index is 1.04. The smallest absolute Gasteiger partial charge is 0.187 e. The minimum Gasteiger partial charge on any atom is -0.393 e. The molecule has 0 unspecified atom stereocenters. The Morgan fingerprint density at radius 3 is 2.33 bits per heavy atom. The van der Waals surface area contributed by atoms with Gasteiger partial charge in [0.15, 0.2) is 18.4 Å². The first-order valence-corrected chi connectivity index (χ1v) is 19.4. The minimum atomic E-state index is -1.62. The lowest BCUT2D eigenvalue weighted by Gasteiger charge is -2.60. The van der Waals surface area contributed by atoms with Crippen LogP contribution in [0.4, 0.5) is 0 Å². The fourth-order valence-electron chi connectivity index (χ4n) is 12.4. The Bertz CT molecular complexity index is 1330. The molecule has 13 nitrogen and oxygen atoms in total. The van der Waals surface area contributed by atoms with Gasteiger partial charge in [0.1, 0.15) is 36.6 Å². The maximum absolute atomic E-state index is 11.1. The SMILES string of the molecule is C[C@@H]1CO[C@]2(C[C@@H]1O)O[C@H]1C[C@H]3[C@@H]4CC=C5C[C@@H](O)C[C@@H](O[C@@H]6OC[C@H](O)[C@H](O)[C@H]6O[C@@H]6O[C@@H](C)[C@H](O)[C@@H](O)[C@H]6O)[C@]5(C)[C@H]4CC[C@]3(C)[C@H]1[C@@H]2C. The summed E-state index contributed by atoms with van der Waals surface area (Å²) in [4.78, 5) is 0. The summed E-state index contributed by atoms with van der Waals surface area (Å²) in [5.74, 6) is 0.859. The van der Waals surface area contributed by atoms with E-state index in [0.717, 1.165) is 25.7 Å². The highest BCUT2D eigenvalue weighted by atomic mass is 16.8. The van der Waals surface area contributed by atoms with Gasteiger partial charge in [-0.05, 0) is 68.1 Å². The van der Waals surface area contributed by atoms with Crippen LogP contribution in [0, 0.1) is 46.3 Å². The van der Waals surface area contributed by atoms with Crippen LogP contribution in [0.5, 0.6) is 0 Å². The molecule has 51 heavy (non-hydrogen) atoms. The van der Waals surface area contributed by atoms with Crippen molar-refractivity contribution in [2.75, 3.05) is 13.2 Å². The second-order valence-electron chi connectivity index (χ2n) is 18.0. The molecular weight excluding hydrogens is 664 g/mol. The quantitative estimate of drug-likeness (QED) is 0.203. The van der Waals surface area contributed by atoms with Crippen molar-refractivity contribution in [1.29, 1.82) is 0 Å². The predicted molar refractivity (Wildman–Crippen MR) is 178 cm³/mol. The third-order valence-electron chi connectivity index (χ3n) is 15.4. The Hall–Kier alpha value is -0.780. The number of hydrogen-bond donors (Lipinski definition) is 7. The van der Waals surface area contributed by atoms with E-state index < -0.39 is 84.8 Å². The van der Waals surface area contributed by atoms with Crippen LogP contribution < -0.4 is 0 Å². The Kier molecular flexibility index (Phi) is 9.60. The van der Waals surface area contributed by atoms with Gasteiger partial charge >= 0.3 is 0 Å². The van der Waals surface area contributed by atoms with Crippen molar-refractivity contribution in [2.45, 2.75) is 165 Å². The lowest BCUT2D eigenvalue weighted by molar-refractivity contribution is -0.362. The van der Waals surface area contributed by atoms with Gasteiger partial charge in [-0.2, -0.15) is 0 Å². The van der Waals surface area contributed by atoms with Crippen molar-refractivity contribution < 1.29 is 64.2 Å². The highest BCUT2D eigenvalue weighted by Gasteiger charge is 2.70. The van der Waals surface area contributed by atoms with Crippen LogP contribution in [-0.4, -0.2) is 134 Å². The normalized spacial score (nSPS) is 59.8. The van der Waals surface area contributed by atoms with Crippen molar-refractivity contribution in [3.05, 3.63) is 11.6 Å². The number of rotatable bonds is 4. The topological polar surface area (TPSA) is 197 Å². The first kappa shape index (κ1) is 37.2. The Labute approximate surface area is 300 Å². The zero-order valence-corrected chi connectivity index (χ0v) is 30.5. The number of ether oxygens (including phenoxy) is 6. The van der Waals surface area contributed by atoms with Gasteiger partial charge in [0.2, 0.25) is 0 Å². The largest absolute Gasteiger partial charge is 0.393 e. The van der Waals surface area contributed by atoms with Gasteiger partial charge in [0.05, 0.1) is 43.7 Å². The van der Waals surface area contributed by atoms with Crippen LogP contribution in [0.2, 0.25) is 0 Å². The van der Waals surface area contributed by atoms with Crippen molar-refractivity contribution in [1.82, 2.24) is 0 Å². The van der Waals surface area contributed by atoms with Crippen molar-refractivity contribution in [2.24, 2.45) is 46.3 Å². The summed E-state index contributed by atoms with van der Waals surface area (Å²) < 4.78 is 37.8. The van der Waals surface area contributed by atoms with E-state index in [-0.39, 0.29) is 35.9 Å². The van der Waals surface area contributed by atoms with E-state index in [4.69, 9.17) is 28.4 Å². The van der Waals surface area contributed by atoms with E-state index in [1.807, 2.05) is 6.92 Å². The number of hydrogen-bond acceptors (Lipinski definition) is 13. The molecule has 13 heteroatoms. The molecular formula is C38H60O13. The fraction of sp³-hybridized carbons (Fsp3) is 0.947. The number of aliphatic hydroxyl groups is 7. The van der Waals surface area contributed by atoms with E-state index in [1.54, 1.807) is 0 Å². The monoisotopic (exact) mass is 724 g/mol. The van der Waals surface area contributed by atoms with Gasteiger partial charge in [0, 0.05) is 30.1 Å². The van der Waals surface area contributed by atoms with E-state index in [2.05, 4.69) is 26.8 Å². The van der Waals surface area contributed by atoms with Crippen LogP contribution in [-0.2, 0) is 28.4 Å². The molecule has 0 radical (unpaired) electrons. The van der Waals surface area contributed by atoms with Crippen LogP contribution in [0.3, 0.4) is 0 Å². The molecule has 3 saturated carbocycles. The molecule has 4 aliphatic heterocycles. The van der Waals surface area contributed by atoms with Gasteiger partial charge in [-0.1, -0.05) is 39.3 Å². The van der Waals surface area contributed by atoms with Crippen LogP contribution >= 0.6 is 0 Å². The molecule has 22 atom stereocenters. The van der Waals surface area contributed by atoms with Crippen LogP contribution in [0.25, 0.3) is 0 Å². The molecule has 8 aliphatic rings. The summed E-state index contributed by atoms with van der Waals surface area (Å²) in [5.41, 5.74) is 0.759. The standard InChI is InChI=1S/C38H60O13/c1-16-14-47-38(13-24(16)40)17(2)28-26(51-38)12-23-21-7-6-19-10-20(39)11-27(37(19,5)22(21)8-9-36(23,28)4)49-35-33(30(43)25(41)15-46-35)50-34-32(45)31(44)29(42)18(3)48-34/h6,16-18,20-35,39-45H,7-15H2,1-5H3/t16-,17+,18+,20-,21-,22+,23+,24+,25+,26+,27-,28+,29+,30+,31-,32-,33-,34+,35+,36+,37+,38-/m1/s1. The summed E-state index contributed by atoms with van der Waals surface area (Å²) >= 11 is 0. The number of aliphatic hydroxyl groups excluding tert-OH is 7. The molecule has 0 aromatic heterocycles. The van der Waals surface area contributed by atoms with Crippen molar-refractivity contribution >= 4 is 0 Å². The molecule has 0 bridgehead atoms. The number of fused-ring (bicyclic) bond motifs is 7. The maximum atomic E-state index is 11.1. The molecule has 4 aliphatic carbocycles. The molecule has 0 aromatic carbocycles. The third-order valence-corrected chi connectivity index (χ3v) is 15.4. The number of allylic oxidation sites excluding steroid dienone is 1. The molecule has 1 spiro atoms. The maximum Gasteiger partial charge on any atom is 0.187 e. The van der Waals surface area contributed by atoms with E-state index >= 15 is 0 Å². The summed E-state index contributed by atoms with van der Waals surface area (Å²) in [6, 6.07) is 0. The lowest BCUT2D eigenvalue weighted by atomic mass is 9.46. The van der Waals surface area contributed by atoms with Crippen LogP contribution in [0.15, 0.2) is 11.6 Å². The highest BCUT2D eigenvalue weighted by molar-refractivity contribution is 5.29. The average molecular weight is 725 g/mol. The molecule has 290 valence electrons. The minimum absolute atomic E-state index is 0.0418. The van der Waals surface area contributed by atoms with E-state index in [1.165, 1.54) is 12.5 Å². The molecule has 4 heterocycles. The van der Waals surface area contributed by atoms with Gasteiger partial charge in [-0.3, -0.25) is 0 Å². The fourth-order valence-corrected chi connectivity index (χ4v) is 12.4. The van der Waals surface area contributed by atoms with E-state index in [9.17, 15) is 35.7 Å². The zero-order chi connectivity index (χ0) is 36.4. The van der Waals surface area contributed by atoms with Gasteiger partial charge in [0.25, 0.3) is 0 Å². The molecule has 0 aromatic rings. The first-order chi connectivity index (χ1) is 24.1. The zero-order valence-electron chi connectivity index (χ0n) is 30.5. The molecule has 8 rings (SSSR count). The van der Waals surface area contributed by atoms with Crippen molar-refractivity contribution in [3.63, 3.8) is 0 Å². The Morgan fingerprint density at radius 1 is 0.824 bits per heavy atom. The van der Waals surface area contributed by atoms with E-state index in [0.29, 0.717) is 43.6 Å². The predicted octanol–water partition coefficient (Wildman–Crippen LogP) is 0.971. The highest BCUT2D eigenvalue weighted by Crippen LogP contribution is 2.71. The average Bonchev–Trinajstić information content (AvgIpc) is 3.53. The molecule has 7 N–H and O–H groups in total. The van der Waals surface area contributed by atoms with Gasteiger partial charge in [-0.15, -0.1) is 0 Å². The Morgan fingerprint density at radius 2 is 1.59 bits per heavy atom.